The van der Waals surface area contributed by atoms with Crippen LogP contribution in [0.3, 0.4) is 0 Å². The lowest BCUT2D eigenvalue weighted by molar-refractivity contribution is 0.0300. The fourth-order valence-corrected chi connectivity index (χ4v) is 6.53. The molecule has 2 saturated carbocycles. The lowest BCUT2D eigenvalue weighted by atomic mass is 9.96. The van der Waals surface area contributed by atoms with Gasteiger partial charge in [0.1, 0.15) is 0 Å². The van der Waals surface area contributed by atoms with Crippen LogP contribution in [-0.4, -0.2) is 57.8 Å². The summed E-state index contributed by atoms with van der Waals surface area (Å²) < 4.78 is 34.1. The molecule has 1 heterocycles. The molecule has 0 radical (unpaired) electrons. The molecular formula is C19H26N2O4S2. The quantitative estimate of drug-likeness (QED) is 0.754. The van der Waals surface area contributed by atoms with Gasteiger partial charge >= 0.3 is 0 Å². The second-order valence-corrected chi connectivity index (χ2v) is 10.2. The number of morpholine rings is 1. The number of thioether (sulfide) groups is 1. The summed E-state index contributed by atoms with van der Waals surface area (Å²) >= 11 is 1.46. The van der Waals surface area contributed by atoms with Gasteiger partial charge in [-0.1, -0.05) is 6.42 Å². The molecule has 148 valence electrons. The molecule has 1 aromatic rings. The van der Waals surface area contributed by atoms with Gasteiger partial charge in [0.2, 0.25) is 10.0 Å². The summed E-state index contributed by atoms with van der Waals surface area (Å²) in [5.41, 5.74) is 0.459. The van der Waals surface area contributed by atoms with Crippen LogP contribution in [0.15, 0.2) is 28.0 Å². The number of sulfonamides is 1. The topological polar surface area (TPSA) is 75.7 Å². The maximum Gasteiger partial charge on any atom is 0.255 e. The van der Waals surface area contributed by atoms with E-state index in [-0.39, 0.29) is 16.8 Å². The van der Waals surface area contributed by atoms with Crippen LogP contribution in [0.4, 0.5) is 0 Å². The number of benzene rings is 1. The number of carbonyl (C=O) groups excluding carboxylic acids is 1. The number of hydrogen-bond donors (Lipinski definition) is 1. The van der Waals surface area contributed by atoms with Crippen molar-refractivity contribution in [1.82, 2.24) is 9.62 Å². The summed E-state index contributed by atoms with van der Waals surface area (Å²) in [4.78, 5) is 15.7. The molecule has 2 bridgehead atoms. The minimum Gasteiger partial charge on any atom is -0.378 e. The highest BCUT2D eigenvalue weighted by Gasteiger charge is 2.41. The molecule has 3 atom stereocenters. The Hall–Kier alpha value is -1.09. The highest BCUT2D eigenvalue weighted by atomic mass is 32.2. The monoisotopic (exact) mass is 410 g/mol. The largest absolute Gasteiger partial charge is 0.378 e. The van der Waals surface area contributed by atoms with Gasteiger partial charge in [-0.2, -0.15) is 0 Å². The van der Waals surface area contributed by atoms with E-state index >= 15 is 0 Å². The van der Waals surface area contributed by atoms with Crippen molar-refractivity contribution >= 4 is 27.7 Å². The molecule has 27 heavy (non-hydrogen) atoms. The first-order chi connectivity index (χ1) is 13.0. The molecule has 3 fully saturated rings. The van der Waals surface area contributed by atoms with Crippen molar-refractivity contribution in [2.75, 3.05) is 32.6 Å². The van der Waals surface area contributed by atoms with Crippen LogP contribution in [0, 0.1) is 11.8 Å². The first-order valence-electron chi connectivity index (χ1n) is 9.55. The average molecular weight is 411 g/mol. The standard InChI is InChI=1S/C19H26N2O4S2/c1-26-18-5-4-15(12-16(18)19(22)21-6-8-25-9-7-21)27(23,24)20-17-11-13-2-3-14(17)10-13/h4-5,12-14,17,20H,2-3,6-11H2,1H3/t13-,14-,17-/m0/s1. The number of nitrogens with zero attached hydrogens (tertiary/aromatic N) is 1. The number of hydrogen-bond acceptors (Lipinski definition) is 5. The van der Waals surface area contributed by atoms with E-state index in [4.69, 9.17) is 4.74 Å². The predicted octanol–water partition coefficient (Wildman–Crippen LogP) is 2.35. The van der Waals surface area contributed by atoms with E-state index in [0.29, 0.717) is 43.7 Å². The molecule has 1 saturated heterocycles. The third kappa shape index (κ3) is 3.90. The second kappa shape index (κ2) is 7.73. The predicted molar refractivity (Wildman–Crippen MR) is 105 cm³/mol. The second-order valence-electron chi connectivity index (χ2n) is 7.67. The van der Waals surface area contributed by atoms with Crippen molar-refractivity contribution in [3.63, 3.8) is 0 Å². The molecule has 1 amide bonds. The van der Waals surface area contributed by atoms with Crippen LogP contribution >= 0.6 is 11.8 Å². The van der Waals surface area contributed by atoms with Crippen LogP contribution in [0.2, 0.25) is 0 Å². The average Bonchev–Trinajstić information content (AvgIpc) is 3.30. The van der Waals surface area contributed by atoms with Gasteiger partial charge in [0, 0.05) is 24.0 Å². The van der Waals surface area contributed by atoms with Gasteiger partial charge in [-0.25, -0.2) is 13.1 Å². The van der Waals surface area contributed by atoms with Crippen molar-refractivity contribution in [3.8, 4) is 0 Å². The van der Waals surface area contributed by atoms with Crippen molar-refractivity contribution in [2.45, 2.75) is 41.5 Å². The fourth-order valence-electron chi connectivity index (χ4n) is 4.61. The van der Waals surface area contributed by atoms with Gasteiger partial charge < -0.3 is 9.64 Å². The lowest BCUT2D eigenvalue weighted by Gasteiger charge is -2.28. The normalized spacial score (nSPS) is 27.9. The highest BCUT2D eigenvalue weighted by molar-refractivity contribution is 7.98. The Morgan fingerprint density at radius 1 is 1.22 bits per heavy atom. The molecule has 6 nitrogen and oxygen atoms in total. The van der Waals surface area contributed by atoms with E-state index in [0.717, 1.165) is 24.2 Å². The van der Waals surface area contributed by atoms with Crippen molar-refractivity contribution < 1.29 is 17.9 Å². The zero-order chi connectivity index (χ0) is 19.0. The summed E-state index contributed by atoms with van der Waals surface area (Å²) in [6.45, 7) is 2.11. The first-order valence-corrected chi connectivity index (χ1v) is 12.3. The van der Waals surface area contributed by atoms with Crippen LogP contribution in [0.1, 0.15) is 36.0 Å². The summed E-state index contributed by atoms with van der Waals surface area (Å²) in [5, 5.41) is 0. The van der Waals surface area contributed by atoms with Gasteiger partial charge in [-0.05, 0) is 55.6 Å². The van der Waals surface area contributed by atoms with E-state index in [9.17, 15) is 13.2 Å². The molecule has 2 aliphatic carbocycles. The summed E-state index contributed by atoms with van der Waals surface area (Å²) in [6.07, 6.45) is 6.31. The van der Waals surface area contributed by atoms with E-state index in [1.54, 1.807) is 23.1 Å². The first kappa shape index (κ1) is 19.2. The summed E-state index contributed by atoms with van der Waals surface area (Å²) in [6, 6.07) is 4.93. The Morgan fingerprint density at radius 3 is 2.63 bits per heavy atom. The maximum absolute atomic E-state index is 13.0. The fraction of sp³-hybridized carbons (Fsp3) is 0.632. The molecule has 4 rings (SSSR count). The third-order valence-electron chi connectivity index (χ3n) is 6.05. The summed E-state index contributed by atoms with van der Waals surface area (Å²) in [7, 11) is -3.63. The van der Waals surface area contributed by atoms with Crippen LogP contribution in [0.25, 0.3) is 0 Å². The van der Waals surface area contributed by atoms with Gasteiger partial charge in [-0.3, -0.25) is 4.79 Å². The lowest BCUT2D eigenvalue weighted by Crippen LogP contribution is -2.41. The number of carbonyl (C=O) groups is 1. The Labute approximate surface area is 165 Å². The Kier molecular flexibility index (Phi) is 5.51. The van der Waals surface area contributed by atoms with Crippen molar-refractivity contribution in [1.29, 1.82) is 0 Å². The number of fused-ring (bicyclic) bond motifs is 2. The number of nitrogens with one attached hydrogen (secondary N) is 1. The van der Waals surface area contributed by atoms with E-state index in [2.05, 4.69) is 4.72 Å². The molecule has 8 heteroatoms. The highest BCUT2D eigenvalue weighted by Crippen LogP contribution is 2.44. The minimum atomic E-state index is -3.63. The molecule has 1 aliphatic heterocycles. The number of rotatable bonds is 5. The molecule has 1 N–H and O–H groups in total. The molecule has 0 spiro atoms. The minimum absolute atomic E-state index is 0.0346. The number of ether oxygens (including phenoxy) is 1. The molecule has 1 aromatic carbocycles. The Balaban J connectivity index is 1.58. The van der Waals surface area contributed by atoms with Gasteiger partial charge in [0.15, 0.2) is 0 Å². The van der Waals surface area contributed by atoms with Crippen LogP contribution < -0.4 is 4.72 Å². The van der Waals surface area contributed by atoms with E-state index < -0.39 is 10.0 Å². The Morgan fingerprint density at radius 2 is 2.00 bits per heavy atom. The zero-order valence-electron chi connectivity index (χ0n) is 15.5. The third-order valence-corrected chi connectivity index (χ3v) is 8.34. The van der Waals surface area contributed by atoms with Crippen LogP contribution in [-0.2, 0) is 14.8 Å². The smallest absolute Gasteiger partial charge is 0.255 e. The Bertz CT molecular complexity index is 821. The molecular weight excluding hydrogens is 384 g/mol. The maximum atomic E-state index is 13.0. The van der Waals surface area contributed by atoms with E-state index in [1.165, 1.54) is 18.2 Å². The van der Waals surface area contributed by atoms with E-state index in [1.807, 2.05) is 6.26 Å². The molecule has 3 aliphatic rings. The zero-order valence-corrected chi connectivity index (χ0v) is 17.2. The van der Waals surface area contributed by atoms with Crippen molar-refractivity contribution in [2.24, 2.45) is 11.8 Å². The number of amides is 1. The van der Waals surface area contributed by atoms with Crippen LogP contribution in [0.5, 0.6) is 0 Å². The van der Waals surface area contributed by atoms with Gasteiger partial charge in [0.05, 0.1) is 23.7 Å². The van der Waals surface area contributed by atoms with Gasteiger partial charge in [0.25, 0.3) is 5.91 Å². The SMILES string of the molecule is CSc1ccc(S(=O)(=O)N[C@H]2C[C@H]3CC[C@H]2C3)cc1C(=O)N1CCOCC1. The summed E-state index contributed by atoms with van der Waals surface area (Å²) in [5.74, 6) is 1.00. The molecule has 0 unspecified atom stereocenters. The van der Waals surface area contributed by atoms with Gasteiger partial charge in [-0.15, -0.1) is 11.8 Å². The molecule has 0 aromatic heterocycles. The van der Waals surface area contributed by atoms with Crippen molar-refractivity contribution in [3.05, 3.63) is 23.8 Å².